The van der Waals surface area contributed by atoms with Crippen molar-refractivity contribution < 1.29 is 18.9 Å². The maximum atomic E-state index is 5.59. The van der Waals surface area contributed by atoms with E-state index in [-0.39, 0.29) is 11.5 Å². The molecule has 0 bridgehead atoms. The Balaban J connectivity index is 2.84. The van der Waals surface area contributed by atoms with Crippen LogP contribution >= 0.6 is 0 Å². The first-order chi connectivity index (χ1) is 13.3. The number of ether oxygens (including phenoxy) is 4. The van der Waals surface area contributed by atoms with E-state index in [4.69, 9.17) is 18.9 Å². The van der Waals surface area contributed by atoms with Crippen molar-refractivity contribution in [3.8, 4) is 17.2 Å². The van der Waals surface area contributed by atoms with Gasteiger partial charge in [-0.2, -0.15) is 0 Å². The van der Waals surface area contributed by atoms with Gasteiger partial charge in [0.25, 0.3) is 0 Å². The minimum Gasteiger partial charge on any atom is -0.496 e. The van der Waals surface area contributed by atoms with Gasteiger partial charge in [-0.05, 0) is 18.8 Å². The Labute approximate surface area is 169 Å². The summed E-state index contributed by atoms with van der Waals surface area (Å²) in [5.74, 6) is 2.95. The molecule has 1 atom stereocenters. The second-order valence-corrected chi connectivity index (χ2v) is 7.50. The molecule has 0 spiro atoms. The van der Waals surface area contributed by atoms with Crippen LogP contribution in [-0.4, -0.2) is 60.1 Å². The van der Waals surface area contributed by atoms with Gasteiger partial charge < -0.3 is 29.6 Å². The molecule has 0 aliphatic heterocycles. The van der Waals surface area contributed by atoms with Crippen LogP contribution in [0.25, 0.3) is 0 Å². The van der Waals surface area contributed by atoms with Crippen LogP contribution in [-0.2, 0) is 11.2 Å². The van der Waals surface area contributed by atoms with E-state index >= 15 is 0 Å². The summed E-state index contributed by atoms with van der Waals surface area (Å²) in [7, 11) is 6.65. The lowest BCUT2D eigenvalue weighted by Gasteiger charge is -2.28. The van der Waals surface area contributed by atoms with E-state index in [1.807, 2.05) is 19.1 Å². The molecule has 0 fully saturated rings. The van der Waals surface area contributed by atoms with Crippen molar-refractivity contribution in [1.82, 2.24) is 10.6 Å². The van der Waals surface area contributed by atoms with Crippen LogP contribution in [0.5, 0.6) is 17.2 Å². The van der Waals surface area contributed by atoms with Gasteiger partial charge in [-0.1, -0.05) is 20.8 Å². The molecule has 28 heavy (non-hydrogen) atoms. The predicted molar refractivity (Wildman–Crippen MR) is 114 cm³/mol. The summed E-state index contributed by atoms with van der Waals surface area (Å²) in [6.45, 7) is 10.6. The molecule has 7 heteroatoms. The first kappa shape index (κ1) is 23.9. The van der Waals surface area contributed by atoms with Crippen LogP contribution in [0.3, 0.4) is 0 Å². The lowest BCUT2D eigenvalue weighted by molar-refractivity contribution is 0.0241. The molecule has 0 saturated heterocycles. The quantitative estimate of drug-likeness (QED) is 0.469. The maximum absolute atomic E-state index is 5.59. The number of methoxy groups -OCH3 is 4. The lowest BCUT2D eigenvalue weighted by Crippen LogP contribution is -2.40. The monoisotopic (exact) mass is 395 g/mol. The summed E-state index contributed by atoms with van der Waals surface area (Å²) < 4.78 is 21.9. The second-order valence-electron chi connectivity index (χ2n) is 7.50. The molecule has 1 rings (SSSR count). The summed E-state index contributed by atoms with van der Waals surface area (Å²) in [6.07, 6.45) is 0.762. The smallest absolute Gasteiger partial charge is 0.191 e. The number of nitrogens with zero attached hydrogens (tertiary/aromatic N) is 1. The van der Waals surface area contributed by atoms with E-state index in [1.165, 1.54) is 0 Å². The largest absolute Gasteiger partial charge is 0.496 e. The molecule has 0 aliphatic carbocycles. The molecule has 0 aliphatic rings. The first-order valence-corrected chi connectivity index (χ1v) is 9.64. The van der Waals surface area contributed by atoms with Crippen molar-refractivity contribution in [2.75, 3.05) is 48.1 Å². The number of guanidine groups is 1. The van der Waals surface area contributed by atoms with E-state index in [0.717, 1.165) is 29.6 Å². The number of aliphatic imine (C=N–C) groups is 1. The molecule has 0 heterocycles. The highest BCUT2D eigenvalue weighted by Gasteiger charge is 2.24. The fraction of sp³-hybridized carbons (Fsp3) is 0.667. The van der Waals surface area contributed by atoms with Gasteiger partial charge in [-0.3, -0.25) is 4.99 Å². The summed E-state index contributed by atoms with van der Waals surface area (Å²) in [6, 6.07) is 3.73. The predicted octanol–water partition coefficient (Wildman–Crippen LogP) is 2.87. The molecule has 0 radical (unpaired) electrons. The number of hydrogen-bond donors (Lipinski definition) is 2. The lowest BCUT2D eigenvalue weighted by atomic mass is 9.89. The van der Waals surface area contributed by atoms with Crippen molar-refractivity contribution in [1.29, 1.82) is 0 Å². The number of rotatable bonds is 10. The SMILES string of the molecule is CCNC(=NCC(OC)C(C)(C)C)NCCc1c(OC)cc(OC)cc1OC. The molecular formula is C21H37N3O4. The summed E-state index contributed by atoms with van der Waals surface area (Å²) in [5, 5.41) is 6.65. The van der Waals surface area contributed by atoms with Gasteiger partial charge in [0, 0.05) is 37.9 Å². The van der Waals surface area contributed by atoms with Gasteiger partial charge in [0.1, 0.15) is 17.2 Å². The molecule has 2 N–H and O–H groups in total. The summed E-state index contributed by atoms with van der Waals surface area (Å²) in [4.78, 5) is 4.68. The van der Waals surface area contributed by atoms with E-state index < -0.39 is 0 Å². The van der Waals surface area contributed by atoms with Crippen molar-refractivity contribution >= 4 is 5.96 Å². The Morgan fingerprint density at radius 2 is 1.61 bits per heavy atom. The van der Waals surface area contributed by atoms with Gasteiger partial charge in [-0.25, -0.2) is 0 Å². The van der Waals surface area contributed by atoms with Crippen LogP contribution in [0.15, 0.2) is 17.1 Å². The van der Waals surface area contributed by atoms with Crippen molar-refractivity contribution in [2.24, 2.45) is 10.4 Å². The van der Waals surface area contributed by atoms with Crippen LogP contribution in [0.2, 0.25) is 0 Å². The molecule has 1 unspecified atom stereocenters. The van der Waals surface area contributed by atoms with E-state index in [9.17, 15) is 0 Å². The molecule has 1 aromatic carbocycles. The van der Waals surface area contributed by atoms with Crippen molar-refractivity contribution in [3.63, 3.8) is 0 Å². The fourth-order valence-corrected chi connectivity index (χ4v) is 2.85. The maximum Gasteiger partial charge on any atom is 0.191 e. The third-order valence-electron chi connectivity index (χ3n) is 4.49. The van der Waals surface area contributed by atoms with Gasteiger partial charge in [0.05, 0.1) is 34.0 Å². The molecule has 7 nitrogen and oxygen atoms in total. The number of nitrogens with one attached hydrogen (secondary N) is 2. The molecule has 0 saturated carbocycles. The highest BCUT2D eigenvalue weighted by atomic mass is 16.5. The Morgan fingerprint density at radius 3 is 2.04 bits per heavy atom. The van der Waals surface area contributed by atoms with Crippen LogP contribution < -0.4 is 24.8 Å². The highest BCUT2D eigenvalue weighted by Crippen LogP contribution is 2.34. The zero-order valence-corrected chi connectivity index (χ0v) is 18.6. The average molecular weight is 396 g/mol. The Morgan fingerprint density at radius 1 is 1.00 bits per heavy atom. The molecule has 0 aromatic heterocycles. The third-order valence-corrected chi connectivity index (χ3v) is 4.49. The minimum atomic E-state index is 0.0272. The first-order valence-electron chi connectivity index (χ1n) is 9.64. The summed E-state index contributed by atoms with van der Waals surface area (Å²) in [5.41, 5.74) is 1.01. The van der Waals surface area contributed by atoms with Gasteiger partial charge in [0.15, 0.2) is 5.96 Å². The van der Waals surface area contributed by atoms with E-state index in [0.29, 0.717) is 25.3 Å². The topological polar surface area (TPSA) is 73.3 Å². The van der Waals surface area contributed by atoms with Crippen molar-refractivity contribution in [3.05, 3.63) is 17.7 Å². The molecule has 160 valence electrons. The minimum absolute atomic E-state index is 0.0272. The Hall–Kier alpha value is -2.15. The Kier molecular flexibility index (Phi) is 9.93. The van der Waals surface area contributed by atoms with Crippen molar-refractivity contribution in [2.45, 2.75) is 40.2 Å². The standard InChI is InChI=1S/C21H37N3O4/c1-9-22-20(24-14-19(28-8)21(2,3)4)23-11-10-16-17(26-6)12-15(25-5)13-18(16)27-7/h12-13,19H,9-11,14H2,1-8H3,(H2,22,23,24). The van der Waals surface area contributed by atoms with Gasteiger partial charge in [0.2, 0.25) is 0 Å². The summed E-state index contributed by atoms with van der Waals surface area (Å²) >= 11 is 0. The second kappa shape index (κ2) is 11.6. The van der Waals surface area contributed by atoms with Crippen LogP contribution in [0.1, 0.15) is 33.3 Å². The number of hydrogen-bond acceptors (Lipinski definition) is 5. The normalized spacial score (nSPS) is 13.1. The third kappa shape index (κ3) is 7.11. The fourth-order valence-electron chi connectivity index (χ4n) is 2.85. The van der Waals surface area contributed by atoms with Gasteiger partial charge >= 0.3 is 0 Å². The molecular weight excluding hydrogens is 358 g/mol. The zero-order valence-electron chi connectivity index (χ0n) is 18.6. The number of benzene rings is 1. The highest BCUT2D eigenvalue weighted by molar-refractivity contribution is 5.79. The van der Waals surface area contributed by atoms with E-state index in [1.54, 1.807) is 28.4 Å². The van der Waals surface area contributed by atoms with Crippen LogP contribution in [0.4, 0.5) is 0 Å². The zero-order chi connectivity index (χ0) is 21.2. The van der Waals surface area contributed by atoms with Gasteiger partial charge in [-0.15, -0.1) is 0 Å². The Bertz CT molecular complexity index is 602. The van der Waals surface area contributed by atoms with Crippen LogP contribution in [0, 0.1) is 5.41 Å². The van der Waals surface area contributed by atoms with E-state index in [2.05, 4.69) is 36.4 Å². The molecule has 1 aromatic rings. The average Bonchev–Trinajstić information content (AvgIpc) is 2.66. The molecule has 0 amide bonds.